The first-order valence-electron chi connectivity index (χ1n) is 11.2. The van der Waals surface area contributed by atoms with Crippen LogP contribution in [0.1, 0.15) is 15.9 Å². The third-order valence-electron chi connectivity index (χ3n) is 5.85. The minimum atomic E-state index is -1.57. The number of nitrogens with one attached hydrogen (secondary N) is 1. The van der Waals surface area contributed by atoms with Crippen molar-refractivity contribution in [2.24, 2.45) is 0 Å². The number of hydrogen-bond donors (Lipinski definition) is 1. The summed E-state index contributed by atoms with van der Waals surface area (Å²) in [4.78, 5) is 26.3. The van der Waals surface area contributed by atoms with Gasteiger partial charge in [0.2, 0.25) is 0 Å². The molecule has 1 aliphatic rings. The molecule has 184 valence electrons. The molecule has 2 aromatic heterocycles. The molecule has 10 heteroatoms. The SMILES string of the molecule is COc1ccc(CS(=O)c2ncccc2C(=O)Nc2ccc(N3CCN(C)CC3)nc2)c(OC)c1. The van der Waals surface area contributed by atoms with E-state index in [0.29, 0.717) is 17.2 Å². The van der Waals surface area contributed by atoms with Gasteiger partial charge in [-0.25, -0.2) is 9.97 Å². The Morgan fingerprint density at radius 1 is 1.06 bits per heavy atom. The van der Waals surface area contributed by atoms with Crippen LogP contribution in [0.3, 0.4) is 0 Å². The summed E-state index contributed by atoms with van der Waals surface area (Å²) in [5, 5.41) is 3.06. The van der Waals surface area contributed by atoms with E-state index in [-0.39, 0.29) is 16.3 Å². The summed E-state index contributed by atoms with van der Waals surface area (Å²) in [6.07, 6.45) is 3.17. The maximum absolute atomic E-state index is 13.2. The first kappa shape index (κ1) is 24.6. The van der Waals surface area contributed by atoms with E-state index in [0.717, 1.165) is 37.6 Å². The summed E-state index contributed by atoms with van der Waals surface area (Å²) in [7, 11) is 3.65. The van der Waals surface area contributed by atoms with Crippen molar-refractivity contribution in [1.82, 2.24) is 14.9 Å². The van der Waals surface area contributed by atoms with Crippen molar-refractivity contribution < 1.29 is 18.5 Å². The number of likely N-dealkylation sites (N-methyl/N-ethyl adjacent to an activating group) is 1. The van der Waals surface area contributed by atoms with Gasteiger partial charge < -0.3 is 24.6 Å². The number of rotatable bonds is 8. The van der Waals surface area contributed by atoms with E-state index in [1.807, 2.05) is 12.1 Å². The van der Waals surface area contributed by atoms with Gasteiger partial charge in [0.1, 0.15) is 22.3 Å². The summed E-state index contributed by atoms with van der Waals surface area (Å²) in [6, 6.07) is 12.3. The van der Waals surface area contributed by atoms with Crippen molar-refractivity contribution in [3.8, 4) is 11.5 Å². The highest BCUT2D eigenvalue weighted by Crippen LogP contribution is 2.27. The highest BCUT2D eigenvalue weighted by Gasteiger charge is 2.20. The van der Waals surface area contributed by atoms with Crippen LogP contribution in [0.5, 0.6) is 11.5 Å². The van der Waals surface area contributed by atoms with E-state index < -0.39 is 16.7 Å². The molecule has 0 bridgehead atoms. The van der Waals surface area contributed by atoms with Crippen LogP contribution in [0.25, 0.3) is 0 Å². The Bertz CT molecular complexity index is 1200. The quantitative estimate of drug-likeness (QED) is 0.510. The van der Waals surface area contributed by atoms with Crippen LogP contribution >= 0.6 is 0 Å². The van der Waals surface area contributed by atoms with E-state index in [9.17, 15) is 9.00 Å². The Kier molecular flexibility index (Phi) is 7.94. The summed E-state index contributed by atoms with van der Waals surface area (Å²) < 4.78 is 23.9. The molecule has 1 unspecified atom stereocenters. The first-order valence-corrected chi connectivity index (χ1v) is 12.6. The Labute approximate surface area is 207 Å². The topological polar surface area (TPSA) is 96.9 Å². The van der Waals surface area contributed by atoms with Gasteiger partial charge in [-0.3, -0.25) is 9.00 Å². The number of hydrogen-bond acceptors (Lipinski definition) is 8. The van der Waals surface area contributed by atoms with Gasteiger partial charge >= 0.3 is 0 Å². The summed E-state index contributed by atoms with van der Waals surface area (Å²) in [5.41, 5.74) is 1.54. The van der Waals surface area contributed by atoms with Gasteiger partial charge in [-0.15, -0.1) is 0 Å². The number of benzene rings is 1. The summed E-state index contributed by atoms with van der Waals surface area (Å²) in [5.74, 6) is 1.84. The molecule has 0 saturated carbocycles. The fourth-order valence-corrected chi connectivity index (χ4v) is 5.05. The van der Waals surface area contributed by atoms with Crippen LogP contribution < -0.4 is 19.7 Å². The van der Waals surface area contributed by atoms with E-state index >= 15 is 0 Å². The van der Waals surface area contributed by atoms with Crippen LogP contribution in [0.4, 0.5) is 11.5 Å². The molecule has 0 radical (unpaired) electrons. The molecule has 3 aromatic rings. The monoisotopic (exact) mass is 495 g/mol. The number of piperazine rings is 1. The first-order chi connectivity index (χ1) is 17.0. The number of pyridine rings is 2. The van der Waals surface area contributed by atoms with Gasteiger partial charge in [-0.1, -0.05) is 6.07 Å². The molecular formula is C25H29N5O4S. The molecule has 1 atom stereocenters. The lowest BCUT2D eigenvalue weighted by Crippen LogP contribution is -2.44. The molecule has 1 aromatic carbocycles. The standard InChI is InChI=1S/C25H29N5O4S/c1-29-11-13-30(14-12-29)23-9-7-19(16-27-23)28-24(31)21-5-4-10-26-25(21)35(32)17-18-6-8-20(33-2)15-22(18)34-3/h4-10,15-16H,11-14,17H2,1-3H3,(H,28,31). The van der Waals surface area contributed by atoms with Crippen LogP contribution in [-0.4, -0.2) is 72.4 Å². The minimum Gasteiger partial charge on any atom is -0.497 e. The van der Waals surface area contributed by atoms with Crippen molar-refractivity contribution in [3.63, 3.8) is 0 Å². The molecule has 3 heterocycles. The second-order valence-electron chi connectivity index (χ2n) is 8.17. The van der Waals surface area contributed by atoms with Crippen molar-refractivity contribution >= 4 is 28.2 Å². The zero-order valence-corrected chi connectivity index (χ0v) is 20.9. The molecule has 0 aliphatic carbocycles. The third kappa shape index (κ3) is 5.95. The number of ether oxygens (including phenoxy) is 2. The lowest BCUT2D eigenvalue weighted by Gasteiger charge is -2.33. The molecule has 1 aliphatic heterocycles. The number of carbonyl (C=O) groups excluding carboxylic acids is 1. The van der Waals surface area contributed by atoms with Gasteiger partial charge in [0.15, 0.2) is 0 Å². The number of methoxy groups -OCH3 is 2. The average Bonchev–Trinajstić information content (AvgIpc) is 2.89. The van der Waals surface area contributed by atoms with Crippen LogP contribution in [0.2, 0.25) is 0 Å². The third-order valence-corrected chi connectivity index (χ3v) is 7.18. The zero-order valence-electron chi connectivity index (χ0n) is 20.1. The lowest BCUT2D eigenvalue weighted by atomic mass is 10.2. The van der Waals surface area contributed by atoms with Crippen molar-refractivity contribution in [1.29, 1.82) is 0 Å². The lowest BCUT2D eigenvalue weighted by molar-refractivity contribution is 0.102. The summed E-state index contributed by atoms with van der Waals surface area (Å²) >= 11 is 0. The molecule has 1 amide bonds. The fourth-order valence-electron chi connectivity index (χ4n) is 3.81. The fraction of sp³-hybridized carbons (Fsp3) is 0.320. The number of amides is 1. The molecule has 1 N–H and O–H groups in total. The second-order valence-corrected chi connectivity index (χ2v) is 9.54. The molecular weight excluding hydrogens is 466 g/mol. The zero-order chi connectivity index (χ0) is 24.8. The molecule has 1 fully saturated rings. The van der Waals surface area contributed by atoms with E-state index in [4.69, 9.17) is 9.47 Å². The normalized spacial score (nSPS) is 14.9. The van der Waals surface area contributed by atoms with E-state index in [2.05, 4.69) is 32.1 Å². The van der Waals surface area contributed by atoms with Crippen molar-refractivity contribution in [2.75, 3.05) is 57.7 Å². The average molecular weight is 496 g/mol. The van der Waals surface area contributed by atoms with Crippen molar-refractivity contribution in [3.05, 3.63) is 66.0 Å². The van der Waals surface area contributed by atoms with Crippen LogP contribution in [0.15, 0.2) is 59.9 Å². The minimum absolute atomic E-state index is 0.145. The molecule has 35 heavy (non-hydrogen) atoms. The maximum Gasteiger partial charge on any atom is 0.258 e. The Balaban J connectivity index is 1.47. The predicted octanol–water partition coefficient (Wildman–Crippen LogP) is 2.81. The van der Waals surface area contributed by atoms with Gasteiger partial charge in [0.25, 0.3) is 5.91 Å². The number of nitrogens with zero attached hydrogens (tertiary/aromatic N) is 4. The smallest absolute Gasteiger partial charge is 0.258 e. The number of aromatic nitrogens is 2. The Morgan fingerprint density at radius 3 is 2.54 bits per heavy atom. The molecule has 1 saturated heterocycles. The van der Waals surface area contributed by atoms with Crippen LogP contribution in [0, 0.1) is 0 Å². The Hall–Kier alpha value is -3.50. The second kappa shape index (κ2) is 11.3. The van der Waals surface area contributed by atoms with Gasteiger partial charge in [-0.2, -0.15) is 0 Å². The van der Waals surface area contributed by atoms with Crippen molar-refractivity contribution in [2.45, 2.75) is 10.8 Å². The highest BCUT2D eigenvalue weighted by molar-refractivity contribution is 7.84. The highest BCUT2D eigenvalue weighted by atomic mass is 32.2. The maximum atomic E-state index is 13.2. The number of anilines is 2. The molecule has 4 rings (SSSR count). The van der Waals surface area contributed by atoms with Gasteiger partial charge in [0.05, 0.1) is 48.2 Å². The Morgan fingerprint density at radius 2 is 1.86 bits per heavy atom. The molecule has 0 spiro atoms. The van der Waals surface area contributed by atoms with Crippen LogP contribution in [-0.2, 0) is 16.6 Å². The summed E-state index contributed by atoms with van der Waals surface area (Å²) in [6.45, 7) is 3.81. The number of carbonyl (C=O) groups is 1. The largest absolute Gasteiger partial charge is 0.497 e. The molecule has 9 nitrogen and oxygen atoms in total. The van der Waals surface area contributed by atoms with E-state index in [1.165, 1.54) is 6.20 Å². The van der Waals surface area contributed by atoms with E-state index in [1.54, 1.807) is 50.7 Å². The predicted molar refractivity (Wildman–Crippen MR) is 136 cm³/mol. The van der Waals surface area contributed by atoms with Gasteiger partial charge in [-0.05, 0) is 37.4 Å². The van der Waals surface area contributed by atoms with Gasteiger partial charge in [0, 0.05) is 44.0 Å².